The van der Waals surface area contributed by atoms with Gasteiger partial charge in [0.2, 0.25) is 5.91 Å². The Hall–Kier alpha value is -1.35. The number of likely N-dealkylation sites (tertiary alicyclic amines) is 1. The minimum absolute atomic E-state index is 0. The number of hydrogen-bond acceptors (Lipinski definition) is 3. The predicted octanol–water partition coefficient (Wildman–Crippen LogP) is 3.87. The van der Waals surface area contributed by atoms with Crippen LogP contribution in [-0.4, -0.2) is 49.6 Å². The van der Waals surface area contributed by atoms with Crippen molar-refractivity contribution in [3.05, 3.63) is 29.8 Å². The molecule has 1 atom stereocenters. The Balaban J connectivity index is 0.00000300. The van der Waals surface area contributed by atoms with Crippen molar-refractivity contribution >= 4 is 41.5 Å². The molecule has 2 saturated heterocycles. The summed E-state index contributed by atoms with van der Waals surface area (Å²) in [4.78, 5) is 19.3. The van der Waals surface area contributed by atoms with Crippen molar-refractivity contribution in [1.82, 2.24) is 10.2 Å². The fraction of sp³-hybridized carbons (Fsp3) is 0.636. The second kappa shape index (κ2) is 11.2. The lowest BCUT2D eigenvalue weighted by atomic mass is 9.87. The van der Waals surface area contributed by atoms with Crippen LogP contribution in [0.1, 0.15) is 45.6 Å². The molecule has 3 rings (SSSR count). The smallest absolute Gasteiger partial charge is 0.224 e. The van der Waals surface area contributed by atoms with Crippen LogP contribution in [0, 0.1) is 11.3 Å². The normalized spacial score (nSPS) is 21.5. The van der Waals surface area contributed by atoms with Crippen LogP contribution in [-0.2, 0) is 16.1 Å². The molecule has 2 heterocycles. The zero-order valence-corrected chi connectivity index (χ0v) is 20.2. The van der Waals surface area contributed by atoms with Crippen LogP contribution in [0.2, 0.25) is 0 Å². The Morgan fingerprint density at radius 3 is 2.86 bits per heavy atom. The minimum Gasteiger partial charge on any atom is -0.381 e. The second-order valence-corrected chi connectivity index (χ2v) is 8.49. The van der Waals surface area contributed by atoms with Gasteiger partial charge in [0.25, 0.3) is 0 Å². The lowest BCUT2D eigenvalue weighted by molar-refractivity contribution is -0.116. The summed E-state index contributed by atoms with van der Waals surface area (Å²) < 4.78 is 5.65. The van der Waals surface area contributed by atoms with E-state index in [1.165, 1.54) is 6.42 Å². The van der Waals surface area contributed by atoms with Crippen molar-refractivity contribution in [3.8, 4) is 0 Å². The van der Waals surface area contributed by atoms with Gasteiger partial charge in [-0.15, -0.1) is 24.0 Å². The van der Waals surface area contributed by atoms with Crippen molar-refractivity contribution in [2.75, 3.05) is 38.2 Å². The van der Waals surface area contributed by atoms with Gasteiger partial charge in [0.15, 0.2) is 5.96 Å². The minimum atomic E-state index is 0. The van der Waals surface area contributed by atoms with Crippen molar-refractivity contribution < 1.29 is 9.53 Å². The van der Waals surface area contributed by atoms with Gasteiger partial charge >= 0.3 is 0 Å². The highest BCUT2D eigenvalue weighted by molar-refractivity contribution is 14.0. The number of carbonyl (C=O) groups is 1. The molecular weight excluding hydrogens is 479 g/mol. The first-order valence-corrected chi connectivity index (χ1v) is 10.5. The third-order valence-electron chi connectivity index (χ3n) is 5.47. The van der Waals surface area contributed by atoms with E-state index in [0.717, 1.165) is 56.5 Å². The van der Waals surface area contributed by atoms with E-state index in [1.54, 1.807) is 0 Å². The van der Waals surface area contributed by atoms with E-state index in [9.17, 15) is 4.79 Å². The molecule has 0 bridgehead atoms. The van der Waals surface area contributed by atoms with Gasteiger partial charge in [0, 0.05) is 43.8 Å². The molecule has 1 spiro atoms. The van der Waals surface area contributed by atoms with Gasteiger partial charge in [-0.1, -0.05) is 26.0 Å². The zero-order chi connectivity index (χ0) is 20.0. The Kier molecular flexibility index (Phi) is 9.20. The first-order valence-electron chi connectivity index (χ1n) is 10.5. The highest BCUT2D eigenvalue weighted by atomic mass is 127. The standard InChI is InChI=1S/C22H34N4O2.HI/c1-4-23-21(26-10-8-22(15-26)9-11-28-16-22)24-14-18-6-5-7-19(13-18)25-20(27)12-17(2)3;/h5-7,13,17H,4,8-12,14-16H2,1-3H3,(H,23,24)(H,25,27);1H. The lowest BCUT2D eigenvalue weighted by Crippen LogP contribution is -2.41. The van der Waals surface area contributed by atoms with Gasteiger partial charge in [-0.3, -0.25) is 4.79 Å². The molecule has 6 nitrogen and oxygen atoms in total. The van der Waals surface area contributed by atoms with Gasteiger partial charge in [-0.25, -0.2) is 4.99 Å². The summed E-state index contributed by atoms with van der Waals surface area (Å²) in [5.74, 6) is 1.38. The third-order valence-corrected chi connectivity index (χ3v) is 5.47. The third kappa shape index (κ3) is 6.84. The summed E-state index contributed by atoms with van der Waals surface area (Å²) in [5.41, 5.74) is 2.25. The average molecular weight is 514 g/mol. The Morgan fingerprint density at radius 1 is 1.34 bits per heavy atom. The number of benzene rings is 1. The molecule has 162 valence electrons. The fourth-order valence-corrected chi connectivity index (χ4v) is 4.01. The van der Waals surface area contributed by atoms with E-state index in [0.29, 0.717) is 24.3 Å². The molecule has 1 unspecified atom stereocenters. The van der Waals surface area contributed by atoms with Crippen LogP contribution < -0.4 is 10.6 Å². The highest BCUT2D eigenvalue weighted by Crippen LogP contribution is 2.38. The van der Waals surface area contributed by atoms with Gasteiger partial charge in [-0.05, 0) is 43.4 Å². The maximum absolute atomic E-state index is 12.0. The summed E-state index contributed by atoms with van der Waals surface area (Å²) >= 11 is 0. The van der Waals surface area contributed by atoms with Gasteiger partial charge < -0.3 is 20.3 Å². The van der Waals surface area contributed by atoms with Gasteiger partial charge in [0.05, 0.1) is 13.2 Å². The van der Waals surface area contributed by atoms with Crippen LogP contribution in [0.25, 0.3) is 0 Å². The molecule has 2 aliphatic heterocycles. The van der Waals surface area contributed by atoms with Gasteiger partial charge in [0.1, 0.15) is 0 Å². The molecule has 1 amide bonds. The largest absolute Gasteiger partial charge is 0.381 e. The number of hydrogen-bond donors (Lipinski definition) is 2. The van der Waals surface area contributed by atoms with E-state index in [1.807, 2.05) is 32.0 Å². The molecule has 0 saturated carbocycles. The molecule has 0 aliphatic carbocycles. The molecule has 2 aliphatic rings. The predicted molar refractivity (Wildman–Crippen MR) is 129 cm³/mol. The molecule has 1 aromatic carbocycles. The van der Waals surface area contributed by atoms with Crippen molar-refractivity contribution in [2.45, 2.75) is 46.6 Å². The quantitative estimate of drug-likeness (QED) is 0.344. The average Bonchev–Trinajstić information content (AvgIpc) is 3.28. The van der Waals surface area contributed by atoms with Crippen molar-refractivity contribution in [3.63, 3.8) is 0 Å². The number of anilines is 1. The number of nitrogens with zero attached hydrogens (tertiary/aromatic N) is 2. The zero-order valence-electron chi connectivity index (χ0n) is 17.9. The second-order valence-electron chi connectivity index (χ2n) is 8.49. The molecule has 2 N–H and O–H groups in total. The molecule has 0 radical (unpaired) electrons. The van der Waals surface area contributed by atoms with E-state index in [-0.39, 0.29) is 29.9 Å². The molecule has 7 heteroatoms. The molecular formula is C22H35IN4O2. The number of nitrogens with one attached hydrogen (secondary N) is 2. The summed E-state index contributed by atoms with van der Waals surface area (Å²) in [7, 11) is 0. The molecule has 29 heavy (non-hydrogen) atoms. The molecule has 0 aromatic heterocycles. The van der Waals surface area contributed by atoms with Crippen molar-refractivity contribution in [1.29, 1.82) is 0 Å². The number of ether oxygens (including phenoxy) is 1. The van der Waals surface area contributed by atoms with E-state index in [4.69, 9.17) is 9.73 Å². The van der Waals surface area contributed by atoms with Crippen LogP contribution in [0.5, 0.6) is 0 Å². The van der Waals surface area contributed by atoms with E-state index >= 15 is 0 Å². The maximum Gasteiger partial charge on any atom is 0.224 e. The fourth-order valence-electron chi connectivity index (χ4n) is 4.01. The Morgan fingerprint density at radius 2 is 2.17 bits per heavy atom. The van der Waals surface area contributed by atoms with Crippen LogP contribution in [0.15, 0.2) is 29.3 Å². The summed E-state index contributed by atoms with van der Waals surface area (Å²) in [5, 5.41) is 6.42. The van der Waals surface area contributed by atoms with E-state index < -0.39 is 0 Å². The first-order chi connectivity index (χ1) is 13.5. The summed E-state index contributed by atoms with van der Waals surface area (Å²) in [6, 6.07) is 7.98. The Labute approximate surface area is 191 Å². The SMILES string of the molecule is CCNC(=NCc1cccc(NC(=O)CC(C)C)c1)N1CCC2(CCOC2)C1.I. The number of aliphatic imine (C=N–C) groups is 1. The van der Waals surface area contributed by atoms with E-state index in [2.05, 4.69) is 28.5 Å². The number of carbonyl (C=O) groups excluding carboxylic acids is 1. The first kappa shape index (κ1) is 23.9. The highest BCUT2D eigenvalue weighted by Gasteiger charge is 2.42. The van der Waals surface area contributed by atoms with Crippen LogP contribution in [0.4, 0.5) is 5.69 Å². The summed E-state index contributed by atoms with van der Waals surface area (Å²) in [6.07, 6.45) is 2.86. The number of amides is 1. The maximum atomic E-state index is 12.0. The lowest BCUT2D eigenvalue weighted by Gasteiger charge is -2.25. The van der Waals surface area contributed by atoms with Crippen molar-refractivity contribution in [2.24, 2.45) is 16.3 Å². The van der Waals surface area contributed by atoms with Gasteiger partial charge in [-0.2, -0.15) is 0 Å². The van der Waals surface area contributed by atoms with Crippen LogP contribution in [0.3, 0.4) is 0 Å². The molecule has 1 aromatic rings. The Bertz CT molecular complexity index is 702. The van der Waals surface area contributed by atoms with Crippen LogP contribution >= 0.6 is 24.0 Å². The molecule has 2 fully saturated rings. The topological polar surface area (TPSA) is 66.0 Å². The monoisotopic (exact) mass is 514 g/mol. The summed E-state index contributed by atoms with van der Waals surface area (Å²) in [6.45, 7) is 11.5. The number of guanidine groups is 1. The number of halogens is 1. The number of rotatable bonds is 6.